The van der Waals surface area contributed by atoms with Gasteiger partial charge in [-0.15, -0.1) is 0 Å². The zero-order chi connectivity index (χ0) is 105. The molecule has 0 fully saturated rings. The molecule has 42 heteroatoms. The summed E-state index contributed by atoms with van der Waals surface area (Å²) < 4.78 is 157. The number of nitrogens with one attached hydrogen (secondary N) is 5. The number of hydrogen-bond donors (Lipinski definition) is 6. The minimum absolute atomic E-state index is 0. The Labute approximate surface area is 897 Å². The van der Waals surface area contributed by atoms with Crippen molar-refractivity contribution in [1.82, 2.24) is 45.6 Å². The van der Waals surface area contributed by atoms with Crippen LogP contribution in [0.5, 0.6) is 5.75 Å². The van der Waals surface area contributed by atoms with Crippen molar-refractivity contribution < 1.29 is 101 Å². The maximum Gasteiger partial charge on any atom is 0.251 e. The number of aromatic hydroxyl groups is 1. The van der Waals surface area contributed by atoms with E-state index in [4.69, 9.17) is 124 Å². The number of aryl methyl sites for hydroxylation is 1. The summed E-state index contributed by atoms with van der Waals surface area (Å²) in [6.45, 7) is 11.6. The normalized spacial score (nSPS) is 16.1. The van der Waals surface area contributed by atoms with Gasteiger partial charge < -0.3 is 88.6 Å². The average molecular weight is 2250 g/mol. The van der Waals surface area contributed by atoms with Crippen LogP contribution < -0.4 is 26.0 Å². The number of fused-ring (bicyclic) bond motifs is 4. The molecule has 0 saturated heterocycles. The Bertz CT molecular complexity index is 6060. The summed E-state index contributed by atoms with van der Waals surface area (Å²) in [5.41, 5.74) is 13.5. The number of benzene rings is 9. The van der Waals surface area contributed by atoms with Crippen LogP contribution in [-0.2, 0) is 118 Å². The highest BCUT2D eigenvalue weighted by Crippen LogP contribution is 2.44. The molecule has 4 aliphatic rings. The standard InChI is InChI=1S/C53H61Cl4N5O11S2.C51H65Cl3N4O11S2.CH4/c1-61-31-46(44-27-39(54)29-50(56)48(44)33-61)35-4-8-42(9-5-35)74(66,67)23-3-15-70-19-20-71-16-12-58-52(64)37-24-38(26-41(63)25-37)53(65)59-13-17-72-21-22-73-18-14-60-75(68,69)43-10-6-36(7-11-43)47-32-62(2)34-49-45(47)28-40(55)30-51(49)57;1-36-24-39(52)27-43-45(36)30-57(2)31-46(43)37-8-4-10-41(25-37)70(61,62)22-6-14-65-18-20-67-16-12-55-50(59)34-69-35-51(60)56-13-17-68-21-19-66-15-7-23-71(63,64)42-11-5-9-38(26-42)47-32-58(3)33-48-44(47)28-40(53)29-49(48)54;/h4-11,24-30,46-47,60,63H,3,12-23,31-34H2,1-2H3,(H,58,64)(H,59,65);4-5,8-11,24-29,46-47H,6-7,12-23,30-35H2,1-3H3,(H,55,59)(H,56,60);1H4. The van der Waals surface area contributed by atoms with Crippen LogP contribution in [0.1, 0.15) is 143 Å². The highest BCUT2D eigenvalue weighted by molar-refractivity contribution is 7.92. The molecule has 0 saturated carbocycles. The van der Waals surface area contributed by atoms with Crippen molar-refractivity contribution in [3.8, 4) is 5.75 Å². The second kappa shape index (κ2) is 58.1. The minimum atomic E-state index is -3.78. The van der Waals surface area contributed by atoms with Crippen LogP contribution in [0.2, 0.25) is 35.2 Å². The van der Waals surface area contributed by atoms with Crippen LogP contribution in [0.4, 0.5) is 0 Å². The monoisotopic (exact) mass is 2240 g/mol. The number of ether oxygens (including phenoxy) is 9. The van der Waals surface area contributed by atoms with Crippen molar-refractivity contribution in [2.45, 2.75) is 103 Å². The molecule has 4 aliphatic heterocycles. The van der Waals surface area contributed by atoms with Crippen molar-refractivity contribution in [3.63, 3.8) is 0 Å². The molecule has 0 spiro atoms. The van der Waals surface area contributed by atoms with Gasteiger partial charge in [0.25, 0.3) is 11.8 Å². The summed E-state index contributed by atoms with van der Waals surface area (Å²) in [7, 11) is -6.30. The first-order chi connectivity index (χ1) is 69.9. The molecule has 6 N–H and O–H groups in total. The van der Waals surface area contributed by atoms with Gasteiger partial charge in [-0.1, -0.05) is 137 Å². The third kappa shape index (κ3) is 36.0. The van der Waals surface area contributed by atoms with E-state index in [9.17, 15) is 58.0 Å². The number of likely N-dealkylation sites (N-methyl/N-ethyl adjacent to an activating group) is 4. The fraction of sp³-hybridized carbons (Fsp3) is 0.448. The molecule has 0 aliphatic carbocycles. The van der Waals surface area contributed by atoms with Crippen LogP contribution in [0.3, 0.4) is 0 Å². The zero-order valence-corrected chi connectivity index (χ0v) is 90.7. The predicted molar refractivity (Wildman–Crippen MR) is 572 cm³/mol. The van der Waals surface area contributed by atoms with Gasteiger partial charge in [-0.05, 0) is 242 Å². The van der Waals surface area contributed by atoms with E-state index >= 15 is 0 Å². The number of halogens is 7. The van der Waals surface area contributed by atoms with Crippen LogP contribution in [-0.4, -0.2) is 305 Å². The lowest BCUT2D eigenvalue weighted by molar-refractivity contribution is -0.131. The van der Waals surface area contributed by atoms with E-state index in [-0.39, 0.29) is 232 Å². The number of nitrogens with zero attached hydrogens (tertiary/aromatic N) is 4. The van der Waals surface area contributed by atoms with Crippen molar-refractivity contribution in [3.05, 3.63) is 282 Å². The van der Waals surface area contributed by atoms with Gasteiger partial charge in [-0.2, -0.15) is 0 Å². The molecule has 9 aromatic carbocycles. The van der Waals surface area contributed by atoms with Gasteiger partial charge in [0.1, 0.15) is 19.0 Å². The molecule has 4 atom stereocenters. The summed E-state index contributed by atoms with van der Waals surface area (Å²) >= 11 is 44.9. The topological polar surface area (TPSA) is 381 Å². The lowest BCUT2D eigenvalue weighted by Gasteiger charge is -2.34. The molecule has 4 unspecified atom stereocenters. The number of hydrogen-bond acceptors (Lipinski definition) is 26. The fourth-order valence-corrected chi connectivity index (χ4v) is 24.8. The molecule has 13 rings (SSSR count). The van der Waals surface area contributed by atoms with Crippen molar-refractivity contribution >= 4 is 144 Å². The minimum Gasteiger partial charge on any atom is -0.508 e. The zero-order valence-electron chi connectivity index (χ0n) is 82.1. The summed E-state index contributed by atoms with van der Waals surface area (Å²) in [6, 6.07) is 46.8. The molecule has 4 heterocycles. The van der Waals surface area contributed by atoms with Gasteiger partial charge in [0.05, 0.1) is 123 Å². The van der Waals surface area contributed by atoms with Crippen molar-refractivity contribution in [2.24, 2.45) is 0 Å². The number of phenolic OH excluding ortho intramolecular Hbond substituents is 1. The SMILES string of the molecule is C.CN1Cc2c(Cl)cc(Cl)cc2C(c2ccc(S(=O)(=O)CCCOCCOCCNC(=O)c3cc(O)cc(C(=O)NCCOCCOCCNS(=O)(=O)c4ccc(C5CN(C)Cc6c(Cl)cc(Cl)cc65)cc4)c3)cc2)C1.Cc1cc(Cl)cc2c1CN(C)CC2c1cccc(S(=O)(=O)CCCOCCOCCNC(=O)COCC(=O)NCCOCCOCCCS(=O)(=O)c2cccc(C3CN(C)Cc4c(Cl)cc(Cl)cc43)c2)c1. The smallest absolute Gasteiger partial charge is 0.251 e. The first-order valence-electron chi connectivity index (χ1n) is 48.1. The molecule has 9 aromatic rings. The Morgan fingerprint density at radius 3 is 1.01 bits per heavy atom. The third-order valence-electron chi connectivity index (χ3n) is 25.0. The second-order valence-electron chi connectivity index (χ2n) is 36.2. The van der Waals surface area contributed by atoms with Gasteiger partial charge >= 0.3 is 0 Å². The lowest BCUT2D eigenvalue weighted by Crippen LogP contribution is -2.34. The second-order valence-corrected chi connectivity index (χ2v) is 47.3. The van der Waals surface area contributed by atoms with Gasteiger partial charge in [0.2, 0.25) is 21.8 Å². The Hall–Kier alpha value is -8.07. The first kappa shape index (κ1) is 119. The summed E-state index contributed by atoms with van der Waals surface area (Å²) in [5, 5.41) is 25.1. The molecule has 0 aromatic heterocycles. The first-order valence-corrected chi connectivity index (χ1v) is 57.2. The summed E-state index contributed by atoms with van der Waals surface area (Å²) in [6.07, 6.45) is 0.940. The van der Waals surface area contributed by atoms with Crippen LogP contribution in [0, 0.1) is 6.92 Å². The van der Waals surface area contributed by atoms with E-state index in [0.29, 0.717) is 85.5 Å². The fourth-order valence-electron chi connectivity index (χ4n) is 17.8. The number of sulfonamides is 1. The van der Waals surface area contributed by atoms with E-state index in [0.717, 1.165) is 92.9 Å². The Morgan fingerprint density at radius 2 is 0.639 bits per heavy atom. The molecular weight excluding hydrogens is 2120 g/mol. The quantitative estimate of drug-likeness (QED) is 0.0193. The average Bonchev–Trinajstić information content (AvgIpc) is 0.783. The van der Waals surface area contributed by atoms with Crippen molar-refractivity contribution in [1.29, 1.82) is 0 Å². The number of carbonyl (C=O) groups is 4. The van der Waals surface area contributed by atoms with E-state index in [2.05, 4.69) is 59.6 Å². The lowest BCUT2D eigenvalue weighted by atomic mass is 9.83. The number of carbonyl (C=O) groups excluding carboxylic acids is 4. The van der Waals surface area contributed by atoms with Crippen LogP contribution in [0.15, 0.2) is 183 Å². The predicted octanol–water partition coefficient (Wildman–Crippen LogP) is 14.6. The Kier molecular flexibility index (Phi) is 47.1. The van der Waals surface area contributed by atoms with Gasteiger partial charge in [-0.25, -0.2) is 38.4 Å². The largest absolute Gasteiger partial charge is 0.508 e. The van der Waals surface area contributed by atoms with E-state index < -0.39 is 63.2 Å². The summed E-state index contributed by atoms with van der Waals surface area (Å²) in [4.78, 5) is 59.5. The van der Waals surface area contributed by atoms with Crippen LogP contribution in [0.25, 0.3) is 0 Å². The molecule has 800 valence electrons. The molecule has 0 bridgehead atoms. The maximum atomic E-state index is 13.3. The number of phenols is 1. The maximum absolute atomic E-state index is 13.3. The van der Waals surface area contributed by atoms with Crippen molar-refractivity contribution in [2.75, 3.05) is 223 Å². The highest BCUT2D eigenvalue weighted by Gasteiger charge is 2.34. The molecule has 0 radical (unpaired) electrons. The third-order valence-corrected chi connectivity index (χ3v) is 33.7. The van der Waals surface area contributed by atoms with Gasteiger partial charge in [0, 0.05) is 175 Å². The van der Waals surface area contributed by atoms with Gasteiger partial charge in [-0.3, -0.25) is 19.2 Å². The number of amides is 4. The Morgan fingerprint density at radius 1 is 0.333 bits per heavy atom. The molecule has 147 heavy (non-hydrogen) atoms. The number of rotatable bonds is 54. The molecular formula is C105H130Cl7N9O22S4. The molecule has 31 nitrogen and oxygen atoms in total. The van der Waals surface area contributed by atoms with Crippen LogP contribution >= 0.6 is 81.2 Å². The van der Waals surface area contributed by atoms with E-state index in [1.807, 2.05) is 87.9 Å². The molecule has 4 amide bonds. The van der Waals surface area contributed by atoms with Gasteiger partial charge in [0.15, 0.2) is 29.5 Å². The van der Waals surface area contributed by atoms with E-state index in [1.54, 1.807) is 78.9 Å². The summed E-state index contributed by atoms with van der Waals surface area (Å²) in [5.74, 6) is -2.38. The highest BCUT2D eigenvalue weighted by atomic mass is 35.5. The van der Waals surface area contributed by atoms with E-state index in [1.165, 1.54) is 23.8 Å². The number of sulfone groups is 3. The Balaban J connectivity index is 0.000000278.